The number of hydrogen-bond donors (Lipinski definition) is 1. The highest BCUT2D eigenvalue weighted by atomic mass is 35.5. The van der Waals surface area contributed by atoms with E-state index in [0.717, 1.165) is 6.42 Å². The van der Waals surface area contributed by atoms with E-state index in [1.165, 1.54) is 12.3 Å². The number of amides is 1. The van der Waals surface area contributed by atoms with E-state index in [1.54, 1.807) is 0 Å². The summed E-state index contributed by atoms with van der Waals surface area (Å²) in [5.41, 5.74) is 0.404. The maximum atomic E-state index is 11.8. The van der Waals surface area contributed by atoms with E-state index in [0.29, 0.717) is 18.8 Å². The number of nitrogens with zero attached hydrogens (tertiary/aromatic N) is 1. The van der Waals surface area contributed by atoms with Crippen molar-refractivity contribution in [3.8, 4) is 0 Å². The molecule has 0 aromatic carbocycles. The fourth-order valence-corrected chi connectivity index (χ4v) is 1.73. The van der Waals surface area contributed by atoms with Crippen molar-refractivity contribution < 1.29 is 9.53 Å². The normalized spacial score (nSPS) is 19.8. The van der Waals surface area contributed by atoms with E-state index in [9.17, 15) is 4.79 Å². The molecule has 1 amide bonds. The second kappa shape index (κ2) is 4.99. The van der Waals surface area contributed by atoms with E-state index in [2.05, 4.69) is 10.3 Å². The van der Waals surface area contributed by atoms with Gasteiger partial charge in [0, 0.05) is 12.8 Å². The second-order valence-electron chi connectivity index (χ2n) is 3.53. The summed E-state index contributed by atoms with van der Waals surface area (Å²) < 4.78 is 5.16. The first-order chi connectivity index (χ1) is 7.66. The molecule has 1 aliphatic rings. The first-order valence-electron chi connectivity index (χ1n) is 4.86. The summed E-state index contributed by atoms with van der Waals surface area (Å²) in [6.07, 6.45) is 2.24. The van der Waals surface area contributed by atoms with E-state index in [4.69, 9.17) is 27.9 Å². The number of ether oxygens (including phenoxy) is 1. The quantitative estimate of drug-likeness (QED) is 0.827. The lowest BCUT2D eigenvalue weighted by Crippen LogP contribution is -2.35. The Kier molecular flexibility index (Phi) is 3.63. The van der Waals surface area contributed by atoms with Gasteiger partial charge in [-0.2, -0.15) is 0 Å². The third-order valence-electron chi connectivity index (χ3n) is 2.32. The maximum Gasteiger partial charge on any atom is 0.253 e. The van der Waals surface area contributed by atoms with Crippen LogP contribution < -0.4 is 5.32 Å². The van der Waals surface area contributed by atoms with Crippen LogP contribution in [0.2, 0.25) is 10.2 Å². The monoisotopic (exact) mass is 260 g/mol. The van der Waals surface area contributed by atoms with E-state index >= 15 is 0 Å². The lowest BCUT2D eigenvalue weighted by molar-refractivity contribution is 0.0929. The van der Waals surface area contributed by atoms with Gasteiger partial charge in [0.25, 0.3) is 5.91 Å². The average Bonchev–Trinajstić information content (AvgIpc) is 2.74. The Morgan fingerprint density at radius 2 is 2.38 bits per heavy atom. The number of carbonyl (C=O) groups excluding carboxylic acids is 1. The minimum Gasteiger partial charge on any atom is -0.379 e. The molecule has 16 heavy (non-hydrogen) atoms. The molecular weight excluding hydrogens is 251 g/mol. The molecule has 4 nitrogen and oxygen atoms in total. The highest BCUT2D eigenvalue weighted by molar-refractivity contribution is 6.41. The topological polar surface area (TPSA) is 51.2 Å². The van der Waals surface area contributed by atoms with Crippen LogP contribution in [0.3, 0.4) is 0 Å². The Morgan fingerprint density at radius 1 is 1.56 bits per heavy atom. The Balaban J connectivity index is 2.05. The smallest absolute Gasteiger partial charge is 0.253 e. The van der Waals surface area contributed by atoms with Gasteiger partial charge in [-0.1, -0.05) is 23.2 Å². The van der Waals surface area contributed by atoms with Crippen LogP contribution in [0.5, 0.6) is 0 Å². The zero-order chi connectivity index (χ0) is 11.5. The Hall–Kier alpha value is -0.840. The number of pyridine rings is 1. The molecule has 1 fully saturated rings. The first-order valence-corrected chi connectivity index (χ1v) is 5.62. The largest absolute Gasteiger partial charge is 0.379 e. The van der Waals surface area contributed by atoms with Crippen molar-refractivity contribution >= 4 is 29.1 Å². The molecule has 1 atom stereocenters. The van der Waals surface area contributed by atoms with E-state index < -0.39 is 0 Å². The van der Waals surface area contributed by atoms with Gasteiger partial charge >= 0.3 is 0 Å². The van der Waals surface area contributed by atoms with Crippen molar-refractivity contribution in [2.75, 3.05) is 13.2 Å². The van der Waals surface area contributed by atoms with Crippen LogP contribution in [-0.4, -0.2) is 30.1 Å². The fourth-order valence-electron chi connectivity index (χ4n) is 1.46. The summed E-state index contributed by atoms with van der Waals surface area (Å²) >= 11 is 11.4. The van der Waals surface area contributed by atoms with Gasteiger partial charge in [0.05, 0.1) is 23.2 Å². The number of carbonyl (C=O) groups is 1. The fraction of sp³-hybridized carbons (Fsp3) is 0.400. The number of halogens is 2. The molecule has 86 valence electrons. The van der Waals surface area contributed by atoms with Crippen molar-refractivity contribution in [2.45, 2.75) is 12.5 Å². The summed E-state index contributed by atoms with van der Waals surface area (Å²) in [6.45, 7) is 1.24. The van der Waals surface area contributed by atoms with E-state index in [-0.39, 0.29) is 22.1 Å². The molecule has 0 radical (unpaired) electrons. The first kappa shape index (κ1) is 11.6. The molecule has 2 heterocycles. The SMILES string of the molecule is O=C(NC1CCOC1)c1cnc(Cl)c(Cl)c1. The number of aromatic nitrogens is 1. The summed E-state index contributed by atoms with van der Waals surface area (Å²) in [5.74, 6) is -0.207. The predicted molar refractivity (Wildman–Crippen MR) is 60.9 cm³/mol. The zero-order valence-electron chi connectivity index (χ0n) is 8.37. The zero-order valence-corrected chi connectivity index (χ0v) is 9.88. The molecule has 1 N–H and O–H groups in total. The molecule has 1 aromatic rings. The standard InChI is InChI=1S/C10H10Cl2N2O2/c11-8-3-6(4-13-9(8)12)10(15)14-7-1-2-16-5-7/h3-4,7H,1-2,5H2,(H,14,15). The van der Waals surface area contributed by atoms with Gasteiger partial charge in [-0.3, -0.25) is 4.79 Å². The summed E-state index contributed by atoms with van der Waals surface area (Å²) in [5, 5.41) is 3.31. The van der Waals surface area contributed by atoms with Gasteiger partial charge in [0.1, 0.15) is 5.15 Å². The minimum absolute atomic E-state index is 0.0713. The minimum atomic E-state index is -0.207. The molecule has 0 spiro atoms. The lowest BCUT2D eigenvalue weighted by atomic mass is 10.2. The molecule has 0 bridgehead atoms. The van der Waals surface area contributed by atoms with Crippen molar-refractivity contribution in [3.63, 3.8) is 0 Å². The van der Waals surface area contributed by atoms with Gasteiger partial charge in [-0.15, -0.1) is 0 Å². The van der Waals surface area contributed by atoms with Crippen LogP contribution in [0.4, 0.5) is 0 Å². The second-order valence-corrected chi connectivity index (χ2v) is 4.30. The molecule has 1 aliphatic heterocycles. The van der Waals surface area contributed by atoms with Crippen LogP contribution in [0.1, 0.15) is 16.8 Å². The predicted octanol–water partition coefficient (Wildman–Crippen LogP) is 1.91. The van der Waals surface area contributed by atoms with Crippen molar-refractivity contribution in [2.24, 2.45) is 0 Å². The van der Waals surface area contributed by atoms with Crippen LogP contribution in [0, 0.1) is 0 Å². The highest BCUT2D eigenvalue weighted by Gasteiger charge is 2.19. The number of nitrogens with one attached hydrogen (secondary N) is 1. The molecule has 0 saturated carbocycles. The van der Waals surface area contributed by atoms with Gasteiger partial charge in [0.15, 0.2) is 0 Å². The molecule has 6 heteroatoms. The lowest BCUT2D eigenvalue weighted by Gasteiger charge is -2.10. The summed E-state index contributed by atoms with van der Waals surface area (Å²) in [6, 6.07) is 1.57. The van der Waals surface area contributed by atoms with Crippen molar-refractivity contribution in [3.05, 3.63) is 28.0 Å². The van der Waals surface area contributed by atoms with Crippen molar-refractivity contribution in [1.82, 2.24) is 10.3 Å². The number of hydrogen-bond acceptors (Lipinski definition) is 3. The van der Waals surface area contributed by atoms with Gasteiger partial charge < -0.3 is 10.1 Å². The summed E-state index contributed by atoms with van der Waals surface area (Å²) in [7, 11) is 0. The van der Waals surface area contributed by atoms with Crippen molar-refractivity contribution in [1.29, 1.82) is 0 Å². The molecule has 1 aromatic heterocycles. The maximum absolute atomic E-state index is 11.8. The van der Waals surface area contributed by atoms with Gasteiger partial charge in [0.2, 0.25) is 0 Å². The van der Waals surface area contributed by atoms with Crippen LogP contribution in [-0.2, 0) is 4.74 Å². The molecular formula is C10H10Cl2N2O2. The third-order valence-corrected chi connectivity index (χ3v) is 3.01. The molecule has 0 aliphatic carbocycles. The molecule has 1 unspecified atom stereocenters. The number of rotatable bonds is 2. The highest BCUT2D eigenvalue weighted by Crippen LogP contribution is 2.19. The average molecular weight is 261 g/mol. The van der Waals surface area contributed by atoms with Gasteiger partial charge in [-0.05, 0) is 12.5 Å². The van der Waals surface area contributed by atoms with Crippen LogP contribution in [0.25, 0.3) is 0 Å². The molecule has 1 saturated heterocycles. The molecule has 2 rings (SSSR count). The Labute approximate surface area is 103 Å². The van der Waals surface area contributed by atoms with Gasteiger partial charge in [-0.25, -0.2) is 4.98 Å². The Morgan fingerprint density at radius 3 is 3.00 bits per heavy atom. The van der Waals surface area contributed by atoms with Crippen LogP contribution >= 0.6 is 23.2 Å². The Bertz CT molecular complexity index is 406. The third kappa shape index (κ3) is 2.64. The van der Waals surface area contributed by atoms with E-state index in [1.807, 2.05) is 0 Å². The summed E-state index contributed by atoms with van der Waals surface area (Å²) in [4.78, 5) is 15.6. The van der Waals surface area contributed by atoms with Crippen LogP contribution in [0.15, 0.2) is 12.3 Å².